The normalized spacial score (nSPS) is 14.6. The first-order chi connectivity index (χ1) is 20.7. The van der Waals surface area contributed by atoms with Crippen LogP contribution in [0.5, 0.6) is 11.6 Å². The Bertz CT molecular complexity index is 1820. The molecule has 4 heterocycles. The Morgan fingerprint density at radius 2 is 1.95 bits per heavy atom. The molecule has 224 valence electrons. The Morgan fingerprint density at radius 3 is 2.67 bits per heavy atom. The molecule has 3 aromatic heterocycles. The maximum absolute atomic E-state index is 14.1. The summed E-state index contributed by atoms with van der Waals surface area (Å²) in [6.45, 7) is -1.01. The highest BCUT2D eigenvalue weighted by molar-refractivity contribution is 6.30. The van der Waals surface area contributed by atoms with Crippen LogP contribution in [-0.2, 0) is 20.2 Å². The van der Waals surface area contributed by atoms with Gasteiger partial charge in [-0.15, -0.1) is 5.10 Å². The van der Waals surface area contributed by atoms with Gasteiger partial charge in [0.1, 0.15) is 23.8 Å². The van der Waals surface area contributed by atoms with Gasteiger partial charge in [0, 0.05) is 40.9 Å². The monoisotopic (exact) mass is 614 g/mol. The fraction of sp³-hybridized carbons (Fsp3) is 0.310. The zero-order valence-corrected chi connectivity index (χ0v) is 23.7. The van der Waals surface area contributed by atoms with Crippen LogP contribution in [0.2, 0.25) is 5.02 Å². The van der Waals surface area contributed by atoms with Gasteiger partial charge in [-0.3, -0.25) is 4.90 Å². The molecule has 0 aliphatic carbocycles. The van der Waals surface area contributed by atoms with E-state index in [9.17, 15) is 18.0 Å². The first kappa shape index (κ1) is 28.7. The van der Waals surface area contributed by atoms with E-state index in [0.29, 0.717) is 39.9 Å². The number of halogens is 4. The molecule has 0 spiro atoms. The predicted molar refractivity (Wildman–Crippen MR) is 151 cm³/mol. The number of piperidine rings is 1. The summed E-state index contributed by atoms with van der Waals surface area (Å²) in [5.74, 6) is -0.0778. The number of pyridine rings is 1. The molecule has 0 atom stereocenters. The second-order valence-electron chi connectivity index (χ2n) is 10.2. The van der Waals surface area contributed by atoms with Crippen molar-refractivity contribution in [1.82, 2.24) is 29.6 Å². The van der Waals surface area contributed by atoms with E-state index in [2.05, 4.69) is 25.1 Å². The molecule has 6 rings (SSSR count). The summed E-state index contributed by atoms with van der Waals surface area (Å²) < 4.78 is 57.9. The zero-order chi connectivity index (χ0) is 30.1. The lowest BCUT2D eigenvalue weighted by Gasteiger charge is -2.31. The minimum Gasteiger partial charge on any atom is -0.473 e. The highest BCUT2D eigenvalue weighted by atomic mass is 35.5. The number of benzene rings is 2. The third-order valence-corrected chi connectivity index (χ3v) is 7.69. The van der Waals surface area contributed by atoms with Crippen molar-refractivity contribution in [3.05, 3.63) is 87.0 Å². The van der Waals surface area contributed by atoms with Gasteiger partial charge in [0.05, 0.1) is 12.1 Å². The molecule has 0 amide bonds. The van der Waals surface area contributed by atoms with Crippen molar-refractivity contribution in [3.8, 4) is 23.1 Å². The van der Waals surface area contributed by atoms with Crippen molar-refractivity contribution in [2.45, 2.75) is 38.5 Å². The SMILES string of the molecule is Cn1c(CN2CCC(c3cccc(OCc4ccc(Cl)cc4F)n3)CC2)nc2c(OC(F)F)cc(-c3n[nH]c(=O)o3)cc21. The molecule has 5 aromatic rings. The third-order valence-electron chi connectivity index (χ3n) is 7.45. The fourth-order valence-electron chi connectivity index (χ4n) is 5.22. The van der Waals surface area contributed by atoms with Crippen LogP contribution in [0.25, 0.3) is 22.5 Å². The van der Waals surface area contributed by atoms with Gasteiger partial charge >= 0.3 is 12.4 Å². The van der Waals surface area contributed by atoms with Crippen LogP contribution in [0.1, 0.15) is 35.8 Å². The van der Waals surface area contributed by atoms with Crippen LogP contribution in [0, 0.1) is 5.82 Å². The van der Waals surface area contributed by atoms with Gasteiger partial charge in [0.15, 0.2) is 5.75 Å². The molecular weight excluding hydrogens is 589 g/mol. The van der Waals surface area contributed by atoms with Crippen LogP contribution in [-0.4, -0.2) is 49.3 Å². The second-order valence-corrected chi connectivity index (χ2v) is 10.6. The topological polar surface area (TPSA) is 111 Å². The van der Waals surface area contributed by atoms with Gasteiger partial charge in [-0.05, 0) is 56.3 Å². The first-order valence-electron chi connectivity index (χ1n) is 13.5. The number of imidazole rings is 1. The van der Waals surface area contributed by atoms with Gasteiger partial charge in [-0.1, -0.05) is 23.7 Å². The van der Waals surface area contributed by atoms with Crippen LogP contribution < -0.4 is 15.2 Å². The fourth-order valence-corrected chi connectivity index (χ4v) is 5.38. The van der Waals surface area contributed by atoms with Gasteiger partial charge in [-0.2, -0.15) is 8.78 Å². The summed E-state index contributed by atoms with van der Waals surface area (Å²) in [7, 11) is 1.79. The molecule has 1 N–H and O–H groups in total. The van der Waals surface area contributed by atoms with E-state index in [1.807, 2.05) is 12.1 Å². The van der Waals surface area contributed by atoms with E-state index in [-0.39, 0.29) is 29.7 Å². The number of nitrogens with one attached hydrogen (secondary N) is 1. The van der Waals surface area contributed by atoms with Crippen molar-refractivity contribution in [2.75, 3.05) is 13.1 Å². The molecule has 10 nitrogen and oxygen atoms in total. The van der Waals surface area contributed by atoms with Gasteiger partial charge in [-0.25, -0.2) is 24.3 Å². The number of H-pyrrole nitrogens is 1. The van der Waals surface area contributed by atoms with Crippen LogP contribution >= 0.6 is 11.6 Å². The summed E-state index contributed by atoms with van der Waals surface area (Å²) >= 11 is 5.83. The Labute approximate surface area is 248 Å². The van der Waals surface area contributed by atoms with E-state index in [0.717, 1.165) is 31.6 Å². The number of likely N-dealkylation sites (tertiary alicyclic amines) is 1. The minimum atomic E-state index is -3.06. The van der Waals surface area contributed by atoms with Crippen molar-refractivity contribution in [2.24, 2.45) is 7.05 Å². The van der Waals surface area contributed by atoms with Crippen molar-refractivity contribution < 1.29 is 27.1 Å². The quantitative estimate of drug-likeness (QED) is 0.226. The lowest BCUT2D eigenvalue weighted by atomic mass is 9.93. The molecule has 2 aromatic carbocycles. The highest BCUT2D eigenvalue weighted by Crippen LogP contribution is 2.34. The second kappa shape index (κ2) is 12.1. The van der Waals surface area contributed by atoms with Crippen molar-refractivity contribution >= 4 is 22.6 Å². The van der Waals surface area contributed by atoms with E-state index >= 15 is 0 Å². The number of ether oxygens (including phenoxy) is 2. The largest absolute Gasteiger partial charge is 0.473 e. The Kier molecular flexibility index (Phi) is 8.08. The zero-order valence-electron chi connectivity index (χ0n) is 22.9. The standard InChI is InChI=1S/C29H26ClF3N6O4/c1-38-22-11-18(27-36-37-29(40)43-27)12-23(42-28(32)33)26(22)35-24(38)14-39-9-7-16(8-10-39)21-3-2-4-25(34-21)41-15-17-5-6-19(30)13-20(17)31/h2-6,11-13,16,28H,7-10,14-15H2,1H3,(H,37,40). The molecule has 0 bridgehead atoms. The van der Waals surface area contributed by atoms with E-state index in [4.69, 9.17) is 25.5 Å². The molecule has 0 radical (unpaired) electrons. The molecule has 1 aliphatic rings. The summed E-state index contributed by atoms with van der Waals surface area (Å²) in [6.07, 6.45) is 1.68. The minimum absolute atomic E-state index is 0.0393. The number of aromatic amines is 1. The maximum Gasteiger partial charge on any atom is 0.434 e. The summed E-state index contributed by atoms with van der Waals surface area (Å²) in [4.78, 5) is 23.0. The smallest absolute Gasteiger partial charge is 0.434 e. The number of hydrogen-bond acceptors (Lipinski definition) is 8. The molecular formula is C29H26ClF3N6O4. The number of hydrogen-bond donors (Lipinski definition) is 1. The Morgan fingerprint density at radius 1 is 1.14 bits per heavy atom. The lowest BCUT2D eigenvalue weighted by Crippen LogP contribution is -2.33. The van der Waals surface area contributed by atoms with Crippen molar-refractivity contribution in [1.29, 1.82) is 0 Å². The summed E-state index contributed by atoms with van der Waals surface area (Å²) in [5, 5.41) is 6.28. The molecule has 0 unspecified atom stereocenters. The number of aryl methyl sites for hydroxylation is 1. The van der Waals surface area contributed by atoms with E-state index in [1.165, 1.54) is 12.1 Å². The molecule has 1 saturated heterocycles. The number of nitrogens with zero attached hydrogens (tertiary/aromatic N) is 5. The number of rotatable bonds is 9. The first-order valence-corrected chi connectivity index (χ1v) is 13.9. The third kappa shape index (κ3) is 6.37. The number of alkyl halides is 2. The van der Waals surface area contributed by atoms with E-state index in [1.54, 1.807) is 35.9 Å². The maximum atomic E-state index is 14.1. The Hall–Kier alpha value is -4.36. The molecule has 0 saturated carbocycles. The predicted octanol–water partition coefficient (Wildman–Crippen LogP) is 5.66. The highest BCUT2D eigenvalue weighted by Gasteiger charge is 2.25. The van der Waals surface area contributed by atoms with Gasteiger partial charge in [0.25, 0.3) is 0 Å². The van der Waals surface area contributed by atoms with Crippen LogP contribution in [0.3, 0.4) is 0 Å². The van der Waals surface area contributed by atoms with Crippen LogP contribution in [0.15, 0.2) is 57.7 Å². The number of fused-ring (bicyclic) bond motifs is 1. The van der Waals surface area contributed by atoms with Gasteiger partial charge in [0.2, 0.25) is 11.8 Å². The van der Waals surface area contributed by atoms with Crippen LogP contribution in [0.4, 0.5) is 13.2 Å². The molecule has 1 fully saturated rings. The Balaban J connectivity index is 1.13. The average Bonchev–Trinajstić information content (AvgIpc) is 3.56. The van der Waals surface area contributed by atoms with Crippen molar-refractivity contribution in [3.63, 3.8) is 0 Å². The summed E-state index contributed by atoms with van der Waals surface area (Å²) in [5.41, 5.74) is 2.40. The van der Waals surface area contributed by atoms with E-state index < -0.39 is 18.2 Å². The average molecular weight is 615 g/mol. The number of aromatic nitrogens is 5. The van der Waals surface area contributed by atoms with Gasteiger partial charge < -0.3 is 18.5 Å². The molecule has 43 heavy (non-hydrogen) atoms. The molecule has 1 aliphatic heterocycles. The molecule has 14 heteroatoms. The summed E-state index contributed by atoms with van der Waals surface area (Å²) in [6, 6.07) is 13.0. The lowest BCUT2D eigenvalue weighted by molar-refractivity contribution is -0.0488.